The number of carbonyl (C=O) groups excluding carboxylic acids is 1. The van der Waals surface area contributed by atoms with Gasteiger partial charge in [0.1, 0.15) is 11.5 Å². The van der Waals surface area contributed by atoms with E-state index in [1.165, 1.54) is 4.57 Å². The molecule has 3 N–H and O–H groups in total. The summed E-state index contributed by atoms with van der Waals surface area (Å²) in [7, 11) is 1.58. The van der Waals surface area contributed by atoms with Crippen LogP contribution in [-0.2, 0) is 4.79 Å². The molecule has 4 rings (SSSR count). The van der Waals surface area contributed by atoms with Crippen LogP contribution in [0.25, 0.3) is 22.3 Å². The number of nitrogens with zero attached hydrogens (tertiary/aromatic N) is 2. The summed E-state index contributed by atoms with van der Waals surface area (Å²) in [5.41, 5.74) is 8.03. The smallest absolute Gasteiger partial charge is 0.266 e. The zero-order valence-electron chi connectivity index (χ0n) is 19.2. The van der Waals surface area contributed by atoms with E-state index in [1.54, 1.807) is 73.8 Å². The van der Waals surface area contributed by atoms with E-state index in [-0.39, 0.29) is 23.0 Å². The zero-order chi connectivity index (χ0) is 24.8. The Morgan fingerprint density at radius 1 is 1.06 bits per heavy atom. The molecule has 1 aromatic heterocycles. The molecular formula is C26H24N4O4S. The number of nitrogens with one attached hydrogen (secondary N) is 2. The maximum absolute atomic E-state index is 13.3. The molecule has 4 aromatic rings. The number of hydrazine groups is 1. The molecule has 1 amide bonds. The van der Waals surface area contributed by atoms with Crippen molar-refractivity contribution in [2.75, 3.05) is 12.9 Å². The van der Waals surface area contributed by atoms with Crippen LogP contribution in [-0.4, -0.2) is 33.4 Å². The van der Waals surface area contributed by atoms with Gasteiger partial charge in [-0.2, -0.15) is 0 Å². The molecule has 0 fully saturated rings. The molecule has 35 heavy (non-hydrogen) atoms. The molecule has 0 radical (unpaired) electrons. The molecule has 0 unspecified atom stereocenters. The van der Waals surface area contributed by atoms with Gasteiger partial charge in [0.05, 0.1) is 35.2 Å². The van der Waals surface area contributed by atoms with Gasteiger partial charge in [0.15, 0.2) is 5.16 Å². The number of methoxy groups -OCH3 is 1. The number of allylic oxidation sites excluding steroid dienone is 1. The fourth-order valence-corrected chi connectivity index (χ4v) is 4.24. The quantitative estimate of drug-likeness (QED) is 0.196. The molecular weight excluding hydrogens is 464 g/mol. The lowest BCUT2D eigenvalue weighted by molar-refractivity contribution is -0.119. The van der Waals surface area contributed by atoms with E-state index in [2.05, 4.69) is 15.8 Å². The van der Waals surface area contributed by atoms with Gasteiger partial charge in [-0.25, -0.2) is 4.98 Å². The van der Waals surface area contributed by atoms with Crippen LogP contribution >= 0.6 is 11.8 Å². The Kier molecular flexibility index (Phi) is 7.37. The van der Waals surface area contributed by atoms with Crippen molar-refractivity contribution in [3.05, 3.63) is 94.8 Å². The normalized spacial score (nSPS) is 11.3. The predicted molar refractivity (Wildman–Crippen MR) is 138 cm³/mol. The fourth-order valence-electron chi connectivity index (χ4n) is 3.42. The van der Waals surface area contributed by atoms with Crippen LogP contribution < -0.4 is 21.1 Å². The number of carbonyl (C=O) groups is 1. The third kappa shape index (κ3) is 5.47. The van der Waals surface area contributed by atoms with E-state index in [0.29, 0.717) is 33.2 Å². The third-order valence-corrected chi connectivity index (χ3v) is 6.15. The summed E-state index contributed by atoms with van der Waals surface area (Å²) in [6.07, 6.45) is 1.81. The molecule has 0 bridgehead atoms. The van der Waals surface area contributed by atoms with E-state index in [9.17, 15) is 14.7 Å². The highest BCUT2D eigenvalue weighted by Gasteiger charge is 2.15. The summed E-state index contributed by atoms with van der Waals surface area (Å²) < 4.78 is 6.72. The van der Waals surface area contributed by atoms with E-state index in [0.717, 1.165) is 17.3 Å². The summed E-state index contributed by atoms with van der Waals surface area (Å²) in [4.78, 5) is 30.6. The number of para-hydroxylation sites is 1. The van der Waals surface area contributed by atoms with Crippen molar-refractivity contribution in [3.8, 4) is 17.2 Å². The van der Waals surface area contributed by atoms with Gasteiger partial charge in [-0.1, -0.05) is 30.0 Å². The third-order valence-electron chi connectivity index (χ3n) is 5.21. The number of benzene rings is 3. The van der Waals surface area contributed by atoms with Crippen LogP contribution in [0.4, 0.5) is 0 Å². The maximum atomic E-state index is 13.3. The second kappa shape index (κ2) is 10.8. The minimum absolute atomic E-state index is 0.0283. The Labute approximate surface area is 206 Å². The van der Waals surface area contributed by atoms with Gasteiger partial charge in [-0.3, -0.25) is 25.0 Å². The van der Waals surface area contributed by atoms with Crippen molar-refractivity contribution < 1.29 is 14.6 Å². The monoisotopic (exact) mass is 488 g/mol. The van der Waals surface area contributed by atoms with Crippen LogP contribution in [0.3, 0.4) is 0 Å². The molecule has 3 aromatic carbocycles. The van der Waals surface area contributed by atoms with Gasteiger partial charge in [-0.15, -0.1) is 0 Å². The predicted octanol–water partition coefficient (Wildman–Crippen LogP) is 3.87. The van der Waals surface area contributed by atoms with Gasteiger partial charge in [-0.05, 0) is 73.2 Å². The Bertz CT molecular complexity index is 1430. The maximum Gasteiger partial charge on any atom is 0.266 e. The van der Waals surface area contributed by atoms with Crippen molar-refractivity contribution in [1.29, 1.82) is 0 Å². The number of amides is 1. The lowest BCUT2D eigenvalue weighted by atomic mass is 10.1. The summed E-state index contributed by atoms with van der Waals surface area (Å²) in [5.74, 6) is 0.566. The lowest BCUT2D eigenvalue weighted by Crippen LogP contribution is -2.37. The number of ether oxygens (including phenoxy) is 1. The number of phenolic OH excluding ortho intramolecular Hbond substituents is 1. The molecule has 0 spiro atoms. The lowest BCUT2D eigenvalue weighted by Gasteiger charge is -2.15. The molecule has 1 heterocycles. The summed E-state index contributed by atoms with van der Waals surface area (Å²) >= 11 is 1.16. The number of phenols is 1. The van der Waals surface area contributed by atoms with Gasteiger partial charge in [0.2, 0.25) is 5.91 Å². The van der Waals surface area contributed by atoms with Crippen molar-refractivity contribution in [1.82, 2.24) is 20.4 Å². The molecule has 0 aliphatic heterocycles. The number of aromatic hydroxyl groups is 1. The van der Waals surface area contributed by atoms with Crippen LogP contribution in [0.2, 0.25) is 0 Å². The van der Waals surface area contributed by atoms with E-state index in [4.69, 9.17) is 4.74 Å². The summed E-state index contributed by atoms with van der Waals surface area (Å²) in [6.45, 7) is 1.84. The fraction of sp³-hybridized carbons (Fsp3) is 0.115. The first kappa shape index (κ1) is 23.9. The van der Waals surface area contributed by atoms with Gasteiger partial charge in [0, 0.05) is 0 Å². The van der Waals surface area contributed by atoms with Gasteiger partial charge < -0.3 is 9.84 Å². The van der Waals surface area contributed by atoms with Gasteiger partial charge >= 0.3 is 0 Å². The highest BCUT2D eigenvalue weighted by molar-refractivity contribution is 7.99. The van der Waals surface area contributed by atoms with Crippen LogP contribution in [0, 0.1) is 0 Å². The Morgan fingerprint density at radius 2 is 1.77 bits per heavy atom. The molecule has 0 saturated carbocycles. The topological polar surface area (TPSA) is 105 Å². The molecule has 8 nitrogen and oxygen atoms in total. The second-order valence-electron chi connectivity index (χ2n) is 7.46. The van der Waals surface area contributed by atoms with Crippen LogP contribution in [0.1, 0.15) is 12.5 Å². The number of hydrogen-bond donors (Lipinski definition) is 3. The first-order valence-electron chi connectivity index (χ1n) is 10.8. The molecule has 0 atom stereocenters. The number of aromatic nitrogens is 2. The molecule has 0 aliphatic rings. The Balaban J connectivity index is 1.54. The minimum atomic E-state index is -0.295. The van der Waals surface area contributed by atoms with E-state index in [1.807, 2.05) is 19.1 Å². The van der Waals surface area contributed by atoms with E-state index < -0.39 is 0 Å². The highest BCUT2D eigenvalue weighted by atomic mass is 32.2. The van der Waals surface area contributed by atoms with Crippen LogP contribution in [0.15, 0.2) is 88.8 Å². The number of hydrogen-bond acceptors (Lipinski definition) is 7. The van der Waals surface area contributed by atoms with Crippen molar-refractivity contribution in [3.63, 3.8) is 0 Å². The number of thioether (sulfide) groups is 1. The standard InChI is InChI=1S/C26H24N4O4S/c1-3-22(17-8-12-19(31)13-9-17)28-29-24(32)16-35-26-27-23-7-5-4-6-21(23)25(33)30(26)18-10-14-20(34-2)15-11-18/h3-15,28,31H,16H2,1-2H3,(H,29,32)/b22-3-. The largest absolute Gasteiger partial charge is 0.508 e. The van der Waals surface area contributed by atoms with Crippen molar-refractivity contribution >= 4 is 34.3 Å². The molecule has 0 saturated heterocycles. The molecule has 0 aliphatic carbocycles. The average Bonchev–Trinajstić information content (AvgIpc) is 2.89. The SMILES string of the molecule is C/C=C(\NNC(=O)CSc1nc2ccccc2c(=O)n1-c1ccc(OC)cc1)c1ccc(O)cc1. The van der Waals surface area contributed by atoms with Gasteiger partial charge in [0.25, 0.3) is 5.56 Å². The highest BCUT2D eigenvalue weighted by Crippen LogP contribution is 2.23. The average molecular weight is 489 g/mol. The first-order valence-corrected chi connectivity index (χ1v) is 11.8. The first-order chi connectivity index (χ1) is 17.0. The summed E-state index contributed by atoms with van der Waals surface area (Å²) in [6, 6.07) is 20.8. The van der Waals surface area contributed by atoms with Crippen molar-refractivity contribution in [2.24, 2.45) is 0 Å². The minimum Gasteiger partial charge on any atom is -0.508 e. The second-order valence-corrected chi connectivity index (χ2v) is 8.40. The Hall–Kier alpha value is -4.24. The van der Waals surface area contributed by atoms with Crippen LogP contribution in [0.5, 0.6) is 11.5 Å². The zero-order valence-corrected chi connectivity index (χ0v) is 20.0. The van der Waals surface area contributed by atoms with E-state index >= 15 is 0 Å². The Morgan fingerprint density at radius 3 is 2.46 bits per heavy atom. The molecule has 178 valence electrons. The van der Waals surface area contributed by atoms with Crippen molar-refractivity contribution in [2.45, 2.75) is 12.1 Å². The molecule has 9 heteroatoms. The number of rotatable bonds is 8. The summed E-state index contributed by atoms with van der Waals surface area (Å²) in [5, 5.41) is 10.4. The number of fused-ring (bicyclic) bond motifs is 1.